The van der Waals surface area contributed by atoms with Crippen molar-refractivity contribution in [3.63, 3.8) is 0 Å². The Kier molecular flexibility index (Phi) is 3.91. The number of rotatable bonds is 3. The molecule has 0 unspecified atom stereocenters. The van der Waals surface area contributed by atoms with E-state index in [4.69, 9.17) is 4.74 Å². The van der Waals surface area contributed by atoms with Crippen LogP contribution >= 0.6 is 12.6 Å². The standard InChI is InChI=1S/C8H13NO4S/c1-12-8(3-2-4-9-8)7(11)13-6(10)5-14/h9,14H,2-5H2,1H3/t8-/m1/s1. The lowest BCUT2D eigenvalue weighted by Crippen LogP contribution is -2.50. The first-order valence-corrected chi connectivity index (χ1v) is 4.94. The Morgan fingerprint density at radius 2 is 2.29 bits per heavy atom. The summed E-state index contributed by atoms with van der Waals surface area (Å²) >= 11 is 3.70. The lowest BCUT2D eigenvalue weighted by molar-refractivity contribution is -0.177. The fraction of sp³-hybridized carbons (Fsp3) is 0.750. The zero-order chi connectivity index (χ0) is 10.6. The third kappa shape index (κ3) is 2.26. The second kappa shape index (κ2) is 4.77. The normalized spacial score (nSPS) is 26.1. The van der Waals surface area contributed by atoms with Crippen molar-refractivity contribution in [3.05, 3.63) is 0 Å². The predicted octanol–water partition coefficient (Wildman–Crippen LogP) is -0.288. The van der Waals surface area contributed by atoms with E-state index in [2.05, 4.69) is 22.7 Å². The maximum absolute atomic E-state index is 11.5. The largest absolute Gasteiger partial charge is 0.389 e. The second-order valence-corrected chi connectivity index (χ2v) is 3.30. The van der Waals surface area contributed by atoms with Gasteiger partial charge in [0.25, 0.3) is 0 Å². The van der Waals surface area contributed by atoms with E-state index in [-0.39, 0.29) is 5.75 Å². The molecule has 1 atom stereocenters. The van der Waals surface area contributed by atoms with Gasteiger partial charge in [-0.15, -0.1) is 0 Å². The maximum Gasteiger partial charge on any atom is 0.361 e. The smallest absolute Gasteiger partial charge is 0.361 e. The zero-order valence-corrected chi connectivity index (χ0v) is 8.80. The summed E-state index contributed by atoms with van der Waals surface area (Å²) in [5.74, 6) is -1.47. The minimum atomic E-state index is -1.14. The Hall–Kier alpha value is -0.590. The highest BCUT2D eigenvalue weighted by Crippen LogP contribution is 2.21. The highest BCUT2D eigenvalue weighted by Gasteiger charge is 2.43. The Morgan fingerprint density at radius 1 is 1.57 bits per heavy atom. The minimum Gasteiger partial charge on any atom is -0.389 e. The highest BCUT2D eigenvalue weighted by molar-refractivity contribution is 7.81. The molecule has 0 spiro atoms. The Balaban J connectivity index is 2.60. The number of hydrogen-bond acceptors (Lipinski definition) is 6. The zero-order valence-electron chi connectivity index (χ0n) is 7.91. The van der Waals surface area contributed by atoms with Crippen LogP contribution in [0.15, 0.2) is 0 Å². The van der Waals surface area contributed by atoms with E-state index >= 15 is 0 Å². The van der Waals surface area contributed by atoms with Crippen LogP contribution in [0, 0.1) is 0 Å². The molecule has 1 rings (SSSR count). The number of carbonyl (C=O) groups is 2. The van der Waals surface area contributed by atoms with Gasteiger partial charge in [0.15, 0.2) is 0 Å². The molecule has 14 heavy (non-hydrogen) atoms. The monoisotopic (exact) mass is 219 g/mol. The molecular weight excluding hydrogens is 206 g/mol. The van der Waals surface area contributed by atoms with E-state index < -0.39 is 17.7 Å². The molecule has 80 valence electrons. The molecule has 0 aromatic heterocycles. The first-order valence-electron chi connectivity index (χ1n) is 4.31. The molecule has 1 aliphatic heterocycles. The number of thiol groups is 1. The SMILES string of the molecule is CO[C@@]1(C(=O)OC(=O)CS)CCCN1. The van der Waals surface area contributed by atoms with Gasteiger partial charge in [0.2, 0.25) is 5.72 Å². The van der Waals surface area contributed by atoms with Crippen LogP contribution < -0.4 is 5.32 Å². The summed E-state index contributed by atoms with van der Waals surface area (Å²) in [6.07, 6.45) is 1.33. The van der Waals surface area contributed by atoms with E-state index in [1.54, 1.807) is 0 Å². The van der Waals surface area contributed by atoms with Crippen LogP contribution in [0.2, 0.25) is 0 Å². The van der Waals surface area contributed by atoms with Gasteiger partial charge < -0.3 is 9.47 Å². The van der Waals surface area contributed by atoms with Crippen molar-refractivity contribution in [1.82, 2.24) is 5.32 Å². The van der Waals surface area contributed by atoms with E-state index in [0.29, 0.717) is 13.0 Å². The third-order valence-corrected chi connectivity index (χ3v) is 2.39. The molecule has 1 saturated heterocycles. The van der Waals surface area contributed by atoms with Crippen LogP contribution in [0.5, 0.6) is 0 Å². The summed E-state index contributed by atoms with van der Waals surface area (Å²) in [6.45, 7) is 0.679. The van der Waals surface area contributed by atoms with Crippen molar-refractivity contribution in [2.24, 2.45) is 0 Å². The third-order valence-electron chi connectivity index (χ3n) is 2.13. The fourth-order valence-electron chi connectivity index (χ4n) is 1.37. The lowest BCUT2D eigenvalue weighted by atomic mass is 10.2. The summed E-state index contributed by atoms with van der Waals surface area (Å²) in [6, 6.07) is 0. The predicted molar refractivity (Wildman–Crippen MR) is 51.9 cm³/mol. The van der Waals surface area contributed by atoms with Gasteiger partial charge in [-0.25, -0.2) is 4.79 Å². The molecule has 6 heteroatoms. The van der Waals surface area contributed by atoms with E-state index in [9.17, 15) is 9.59 Å². The molecule has 0 radical (unpaired) electrons. The minimum absolute atomic E-state index is 0.120. The van der Waals surface area contributed by atoms with Crippen molar-refractivity contribution in [1.29, 1.82) is 0 Å². The average molecular weight is 219 g/mol. The van der Waals surface area contributed by atoms with E-state index in [1.807, 2.05) is 0 Å². The average Bonchev–Trinajstić information content (AvgIpc) is 2.67. The van der Waals surface area contributed by atoms with Gasteiger partial charge in [-0.3, -0.25) is 10.1 Å². The Bertz CT molecular complexity index is 237. The topological polar surface area (TPSA) is 64.6 Å². The number of ether oxygens (including phenoxy) is 2. The summed E-state index contributed by atoms with van der Waals surface area (Å²) in [5.41, 5.74) is -1.14. The van der Waals surface area contributed by atoms with Gasteiger partial charge in [0.1, 0.15) is 0 Å². The molecule has 1 heterocycles. The second-order valence-electron chi connectivity index (χ2n) is 2.98. The van der Waals surface area contributed by atoms with Gasteiger partial charge in [-0.05, 0) is 13.0 Å². The highest BCUT2D eigenvalue weighted by atomic mass is 32.1. The molecule has 0 aliphatic carbocycles. The maximum atomic E-state index is 11.5. The molecule has 5 nitrogen and oxygen atoms in total. The van der Waals surface area contributed by atoms with Crippen LogP contribution in [0.25, 0.3) is 0 Å². The number of carbonyl (C=O) groups excluding carboxylic acids is 2. The van der Waals surface area contributed by atoms with Crippen molar-refractivity contribution < 1.29 is 19.1 Å². The van der Waals surface area contributed by atoms with Gasteiger partial charge in [-0.1, -0.05) is 0 Å². The van der Waals surface area contributed by atoms with E-state index in [0.717, 1.165) is 6.42 Å². The molecule has 0 saturated carbocycles. The van der Waals surface area contributed by atoms with Crippen LogP contribution in [-0.4, -0.2) is 37.1 Å². The number of methoxy groups -OCH3 is 1. The fourth-order valence-corrected chi connectivity index (χ4v) is 1.43. The number of nitrogens with one attached hydrogen (secondary N) is 1. The summed E-state index contributed by atoms with van der Waals surface area (Å²) < 4.78 is 9.58. The van der Waals surface area contributed by atoms with Gasteiger partial charge >= 0.3 is 11.9 Å². The quantitative estimate of drug-likeness (QED) is 0.388. The first kappa shape index (κ1) is 11.5. The van der Waals surface area contributed by atoms with Crippen molar-refractivity contribution >= 4 is 24.6 Å². The van der Waals surface area contributed by atoms with Crippen LogP contribution in [0.1, 0.15) is 12.8 Å². The van der Waals surface area contributed by atoms with Crippen LogP contribution in [-0.2, 0) is 19.1 Å². The van der Waals surface area contributed by atoms with Gasteiger partial charge in [-0.2, -0.15) is 12.6 Å². The summed E-state index contributed by atoms with van der Waals surface area (Å²) in [4.78, 5) is 22.3. The van der Waals surface area contributed by atoms with Crippen molar-refractivity contribution in [2.45, 2.75) is 18.6 Å². The Labute approximate surface area is 87.5 Å². The number of esters is 2. The van der Waals surface area contributed by atoms with Gasteiger partial charge in [0.05, 0.1) is 5.75 Å². The molecule has 0 bridgehead atoms. The summed E-state index contributed by atoms with van der Waals surface area (Å²) in [7, 11) is 1.41. The number of hydrogen-bond donors (Lipinski definition) is 2. The molecule has 1 aliphatic rings. The molecule has 1 fully saturated rings. The van der Waals surface area contributed by atoms with Crippen LogP contribution in [0.3, 0.4) is 0 Å². The van der Waals surface area contributed by atoms with Gasteiger partial charge in [0, 0.05) is 13.5 Å². The Morgan fingerprint density at radius 3 is 2.71 bits per heavy atom. The first-order chi connectivity index (χ1) is 6.64. The lowest BCUT2D eigenvalue weighted by Gasteiger charge is -2.24. The summed E-state index contributed by atoms with van der Waals surface area (Å²) in [5, 5.41) is 2.88. The molecular formula is C8H13NO4S. The van der Waals surface area contributed by atoms with E-state index in [1.165, 1.54) is 7.11 Å². The van der Waals surface area contributed by atoms with Crippen LogP contribution in [0.4, 0.5) is 0 Å². The van der Waals surface area contributed by atoms with Crippen molar-refractivity contribution in [2.75, 3.05) is 19.4 Å². The molecule has 1 N–H and O–H groups in total. The van der Waals surface area contributed by atoms with Crippen molar-refractivity contribution in [3.8, 4) is 0 Å². The molecule has 0 aromatic carbocycles. The molecule has 0 aromatic rings. The molecule has 0 amide bonds.